The number of amides is 2. The summed E-state index contributed by atoms with van der Waals surface area (Å²) in [4.78, 5) is 18.2. The number of rotatable bonds is 1. The first-order valence-corrected chi connectivity index (χ1v) is 6.82. The third-order valence-corrected chi connectivity index (χ3v) is 3.92. The number of aryl methyl sites for hydroxylation is 1. The van der Waals surface area contributed by atoms with E-state index in [1.165, 1.54) is 0 Å². The Hall–Kier alpha value is -1.62. The first kappa shape index (κ1) is 12.4. The van der Waals surface area contributed by atoms with Crippen molar-refractivity contribution in [1.29, 1.82) is 0 Å². The fraction of sp³-hybridized carbons (Fsp3) is 0.571. The summed E-state index contributed by atoms with van der Waals surface area (Å²) in [5.74, 6) is 0.513. The van der Waals surface area contributed by atoms with Crippen LogP contribution in [-0.2, 0) is 4.74 Å². The van der Waals surface area contributed by atoms with Crippen LogP contribution in [0.4, 0.5) is 10.5 Å². The third-order valence-electron chi connectivity index (χ3n) is 3.92. The van der Waals surface area contributed by atoms with Crippen LogP contribution in [0, 0.1) is 12.8 Å². The first-order chi connectivity index (χ1) is 9.22. The van der Waals surface area contributed by atoms with Gasteiger partial charge in [0.25, 0.3) is 0 Å². The molecule has 0 bridgehead atoms. The molecule has 5 nitrogen and oxygen atoms in total. The van der Waals surface area contributed by atoms with Crippen molar-refractivity contribution >= 4 is 11.7 Å². The molecular formula is C14H19N3O2. The van der Waals surface area contributed by atoms with Gasteiger partial charge in [-0.25, -0.2) is 4.79 Å². The summed E-state index contributed by atoms with van der Waals surface area (Å²) >= 11 is 0. The predicted octanol–water partition coefficient (Wildman–Crippen LogP) is 2.03. The summed E-state index contributed by atoms with van der Waals surface area (Å²) < 4.78 is 5.65. The molecule has 1 N–H and O–H groups in total. The lowest BCUT2D eigenvalue weighted by Crippen LogP contribution is -2.46. The van der Waals surface area contributed by atoms with Crippen molar-refractivity contribution in [3.63, 3.8) is 0 Å². The molecule has 5 heteroatoms. The SMILES string of the molecule is Cc1cc(NC(=O)N2CC[C@@H]3OCC[C@@H]3C2)ccn1. The Kier molecular flexibility index (Phi) is 3.38. The van der Waals surface area contributed by atoms with Crippen molar-refractivity contribution < 1.29 is 9.53 Å². The minimum absolute atomic E-state index is 0.0176. The number of nitrogens with one attached hydrogen (secondary N) is 1. The monoisotopic (exact) mass is 261 g/mol. The van der Waals surface area contributed by atoms with Crippen LogP contribution < -0.4 is 5.32 Å². The van der Waals surface area contributed by atoms with Crippen molar-refractivity contribution in [1.82, 2.24) is 9.88 Å². The fourth-order valence-electron chi connectivity index (χ4n) is 2.89. The number of nitrogens with zero attached hydrogens (tertiary/aromatic N) is 2. The summed E-state index contributed by atoms with van der Waals surface area (Å²) in [5, 5.41) is 2.94. The van der Waals surface area contributed by atoms with Gasteiger partial charge < -0.3 is 15.0 Å². The number of carbonyl (C=O) groups is 1. The molecule has 1 aromatic rings. The third kappa shape index (κ3) is 2.71. The zero-order valence-electron chi connectivity index (χ0n) is 11.1. The molecule has 0 aromatic carbocycles. The van der Waals surface area contributed by atoms with Gasteiger partial charge in [-0.1, -0.05) is 0 Å². The van der Waals surface area contributed by atoms with Crippen molar-refractivity contribution in [2.45, 2.75) is 25.9 Å². The van der Waals surface area contributed by atoms with Gasteiger partial charge in [0.2, 0.25) is 0 Å². The normalized spacial score (nSPS) is 26.1. The van der Waals surface area contributed by atoms with E-state index >= 15 is 0 Å². The Morgan fingerprint density at radius 1 is 1.53 bits per heavy atom. The highest BCUT2D eigenvalue weighted by Crippen LogP contribution is 2.28. The van der Waals surface area contributed by atoms with Gasteiger partial charge in [0.15, 0.2) is 0 Å². The van der Waals surface area contributed by atoms with Gasteiger partial charge >= 0.3 is 6.03 Å². The zero-order chi connectivity index (χ0) is 13.2. The summed E-state index contributed by atoms with van der Waals surface area (Å²) in [6.07, 6.45) is 4.10. The van der Waals surface area contributed by atoms with Crippen molar-refractivity contribution in [2.24, 2.45) is 5.92 Å². The number of ether oxygens (including phenoxy) is 1. The Bertz CT molecular complexity index is 478. The summed E-state index contributed by atoms with van der Waals surface area (Å²) in [5.41, 5.74) is 1.71. The Morgan fingerprint density at radius 2 is 2.42 bits per heavy atom. The van der Waals surface area contributed by atoms with Gasteiger partial charge in [0.1, 0.15) is 0 Å². The van der Waals surface area contributed by atoms with Crippen molar-refractivity contribution in [2.75, 3.05) is 25.0 Å². The highest BCUT2D eigenvalue weighted by atomic mass is 16.5. The van der Waals surface area contributed by atoms with Gasteiger partial charge in [0, 0.05) is 43.2 Å². The van der Waals surface area contributed by atoms with Crippen molar-refractivity contribution in [3.8, 4) is 0 Å². The maximum absolute atomic E-state index is 12.2. The number of urea groups is 1. The molecule has 2 atom stereocenters. The lowest BCUT2D eigenvalue weighted by atomic mass is 9.94. The number of likely N-dealkylation sites (tertiary alicyclic amines) is 1. The Labute approximate surface area is 113 Å². The fourth-order valence-corrected chi connectivity index (χ4v) is 2.89. The molecule has 0 saturated carbocycles. The second-order valence-corrected chi connectivity index (χ2v) is 5.31. The molecule has 2 amide bonds. The standard InChI is InChI=1S/C14H19N3O2/c1-10-8-12(2-5-15-10)16-14(18)17-6-3-13-11(9-17)4-7-19-13/h2,5,8,11,13H,3-4,6-7,9H2,1H3,(H,15,16,18)/t11-,13+/m1/s1. The van der Waals surface area contributed by atoms with Gasteiger partial charge in [-0.3, -0.25) is 4.98 Å². The number of piperidine rings is 1. The van der Waals surface area contributed by atoms with Gasteiger partial charge in [-0.2, -0.15) is 0 Å². The smallest absolute Gasteiger partial charge is 0.321 e. The van der Waals surface area contributed by atoms with Gasteiger partial charge in [-0.15, -0.1) is 0 Å². The number of anilines is 1. The van der Waals surface area contributed by atoms with Gasteiger partial charge in [0.05, 0.1) is 6.10 Å². The molecule has 2 aliphatic rings. The molecule has 19 heavy (non-hydrogen) atoms. The number of aromatic nitrogens is 1. The average molecular weight is 261 g/mol. The Morgan fingerprint density at radius 3 is 3.26 bits per heavy atom. The Balaban J connectivity index is 1.61. The van der Waals surface area contributed by atoms with Crippen LogP contribution in [0.3, 0.4) is 0 Å². The van der Waals surface area contributed by atoms with E-state index < -0.39 is 0 Å². The lowest BCUT2D eigenvalue weighted by molar-refractivity contribution is 0.0469. The molecule has 0 aliphatic carbocycles. The lowest BCUT2D eigenvalue weighted by Gasteiger charge is -2.34. The van der Waals surface area contributed by atoms with Crippen LogP contribution in [0.15, 0.2) is 18.3 Å². The van der Waals surface area contributed by atoms with Gasteiger partial charge in [-0.05, 0) is 31.9 Å². The first-order valence-electron chi connectivity index (χ1n) is 6.82. The maximum atomic E-state index is 12.2. The van der Waals surface area contributed by atoms with Crippen LogP contribution in [0.5, 0.6) is 0 Å². The van der Waals surface area contributed by atoms with Crippen LogP contribution >= 0.6 is 0 Å². The van der Waals surface area contributed by atoms with E-state index in [2.05, 4.69) is 10.3 Å². The van der Waals surface area contributed by atoms with Crippen LogP contribution in [0.25, 0.3) is 0 Å². The number of fused-ring (bicyclic) bond motifs is 1. The second-order valence-electron chi connectivity index (χ2n) is 5.31. The summed E-state index contributed by atoms with van der Waals surface area (Å²) in [7, 11) is 0. The molecule has 2 aliphatic heterocycles. The van der Waals surface area contributed by atoms with E-state index in [9.17, 15) is 4.79 Å². The maximum Gasteiger partial charge on any atom is 0.321 e. The molecular weight excluding hydrogens is 242 g/mol. The van der Waals surface area contributed by atoms with E-state index in [1.807, 2.05) is 24.0 Å². The van der Waals surface area contributed by atoms with Crippen molar-refractivity contribution in [3.05, 3.63) is 24.0 Å². The number of carbonyl (C=O) groups excluding carboxylic acids is 1. The van der Waals surface area contributed by atoms with E-state index in [4.69, 9.17) is 4.74 Å². The highest BCUT2D eigenvalue weighted by Gasteiger charge is 2.35. The molecule has 102 valence electrons. The molecule has 2 saturated heterocycles. The summed E-state index contributed by atoms with van der Waals surface area (Å²) in [6.45, 7) is 4.34. The molecule has 1 aromatic heterocycles. The molecule has 3 rings (SSSR count). The molecule has 0 unspecified atom stereocenters. The van der Waals surface area contributed by atoms with E-state index in [0.717, 1.165) is 43.9 Å². The number of pyridine rings is 1. The highest BCUT2D eigenvalue weighted by molar-refractivity contribution is 5.89. The number of hydrogen-bond acceptors (Lipinski definition) is 3. The average Bonchev–Trinajstić information content (AvgIpc) is 2.85. The molecule has 2 fully saturated rings. The van der Waals surface area contributed by atoms with E-state index in [1.54, 1.807) is 6.20 Å². The van der Waals surface area contributed by atoms with E-state index in [-0.39, 0.29) is 6.03 Å². The molecule has 0 radical (unpaired) electrons. The number of hydrogen-bond donors (Lipinski definition) is 1. The molecule has 0 spiro atoms. The topological polar surface area (TPSA) is 54.5 Å². The summed E-state index contributed by atoms with van der Waals surface area (Å²) in [6, 6.07) is 3.68. The largest absolute Gasteiger partial charge is 0.378 e. The quantitative estimate of drug-likeness (QED) is 0.841. The van der Waals surface area contributed by atoms with Crippen LogP contribution in [0.1, 0.15) is 18.5 Å². The van der Waals surface area contributed by atoms with Crippen LogP contribution in [-0.4, -0.2) is 41.7 Å². The minimum atomic E-state index is -0.0176. The molecule has 3 heterocycles. The zero-order valence-corrected chi connectivity index (χ0v) is 11.1. The minimum Gasteiger partial charge on any atom is -0.378 e. The van der Waals surface area contributed by atoms with E-state index in [0.29, 0.717) is 12.0 Å². The van der Waals surface area contributed by atoms with Crippen LogP contribution in [0.2, 0.25) is 0 Å². The second kappa shape index (κ2) is 5.17. The predicted molar refractivity (Wildman–Crippen MR) is 72.0 cm³/mol.